The van der Waals surface area contributed by atoms with E-state index >= 15 is 0 Å². The van der Waals surface area contributed by atoms with E-state index in [0.717, 1.165) is 18.6 Å². The maximum Gasteiger partial charge on any atom is 0.0224 e. The quantitative estimate of drug-likeness (QED) is 0.739. The van der Waals surface area contributed by atoms with E-state index in [1.807, 2.05) is 0 Å². The molecule has 0 aromatic carbocycles. The van der Waals surface area contributed by atoms with E-state index in [0.29, 0.717) is 0 Å². The van der Waals surface area contributed by atoms with Crippen LogP contribution in [0.25, 0.3) is 0 Å². The summed E-state index contributed by atoms with van der Waals surface area (Å²) in [7, 11) is 0. The molecule has 0 spiro atoms. The SMILES string of the molecule is CCNCC1CCCN1C1CCCCCC1. The largest absolute Gasteiger partial charge is 0.315 e. The molecular weight excluding hydrogens is 196 g/mol. The van der Waals surface area contributed by atoms with Gasteiger partial charge in [0.1, 0.15) is 0 Å². The van der Waals surface area contributed by atoms with Gasteiger partial charge in [-0.2, -0.15) is 0 Å². The van der Waals surface area contributed by atoms with E-state index in [4.69, 9.17) is 0 Å². The second-order valence-corrected chi connectivity index (χ2v) is 5.49. The molecule has 1 saturated carbocycles. The van der Waals surface area contributed by atoms with Crippen molar-refractivity contribution in [3.8, 4) is 0 Å². The predicted octanol–water partition coefficient (Wildman–Crippen LogP) is 2.78. The Kier molecular flexibility index (Phi) is 5.11. The molecule has 1 N–H and O–H groups in total. The van der Waals surface area contributed by atoms with Crippen LogP contribution in [0.1, 0.15) is 58.3 Å². The zero-order chi connectivity index (χ0) is 11.2. The summed E-state index contributed by atoms with van der Waals surface area (Å²) in [5.41, 5.74) is 0. The highest BCUT2D eigenvalue weighted by molar-refractivity contribution is 4.86. The van der Waals surface area contributed by atoms with E-state index in [-0.39, 0.29) is 0 Å². The maximum absolute atomic E-state index is 3.53. The summed E-state index contributed by atoms with van der Waals surface area (Å²) in [6.07, 6.45) is 11.6. The van der Waals surface area contributed by atoms with Crippen LogP contribution in [0.15, 0.2) is 0 Å². The average Bonchev–Trinajstić information content (AvgIpc) is 2.60. The van der Waals surface area contributed by atoms with Crippen LogP contribution in [0.5, 0.6) is 0 Å². The first-order valence-corrected chi connectivity index (χ1v) is 7.38. The minimum Gasteiger partial charge on any atom is -0.315 e. The molecule has 1 aliphatic heterocycles. The summed E-state index contributed by atoms with van der Waals surface area (Å²) in [4.78, 5) is 2.83. The molecule has 0 aromatic rings. The molecule has 1 unspecified atom stereocenters. The molecule has 2 heteroatoms. The standard InChI is InChI=1S/C14H28N2/c1-2-15-12-14-10-7-11-16(14)13-8-5-3-4-6-9-13/h13-15H,2-12H2,1H3. The third-order valence-corrected chi connectivity index (χ3v) is 4.35. The molecule has 2 nitrogen and oxygen atoms in total. The molecule has 0 bridgehead atoms. The smallest absolute Gasteiger partial charge is 0.0224 e. The number of nitrogens with one attached hydrogen (secondary N) is 1. The van der Waals surface area contributed by atoms with Gasteiger partial charge in [-0.05, 0) is 38.8 Å². The predicted molar refractivity (Wildman–Crippen MR) is 69.8 cm³/mol. The topological polar surface area (TPSA) is 15.3 Å². The van der Waals surface area contributed by atoms with Crippen molar-refractivity contribution in [1.82, 2.24) is 10.2 Å². The normalized spacial score (nSPS) is 29.4. The van der Waals surface area contributed by atoms with Crippen molar-refractivity contribution >= 4 is 0 Å². The van der Waals surface area contributed by atoms with E-state index < -0.39 is 0 Å². The van der Waals surface area contributed by atoms with Gasteiger partial charge in [-0.1, -0.05) is 32.6 Å². The lowest BCUT2D eigenvalue weighted by Gasteiger charge is -2.32. The number of hydrogen-bond donors (Lipinski definition) is 1. The van der Waals surface area contributed by atoms with Crippen molar-refractivity contribution in [1.29, 1.82) is 0 Å². The van der Waals surface area contributed by atoms with Gasteiger partial charge in [0.15, 0.2) is 0 Å². The first kappa shape index (κ1) is 12.4. The number of likely N-dealkylation sites (N-methyl/N-ethyl adjacent to an activating group) is 1. The summed E-state index contributed by atoms with van der Waals surface area (Å²) in [5.74, 6) is 0. The first-order chi connectivity index (χ1) is 7.92. The molecular formula is C14H28N2. The Bertz CT molecular complexity index is 185. The van der Waals surface area contributed by atoms with Gasteiger partial charge in [0.25, 0.3) is 0 Å². The molecule has 1 saturated heterocycles. The summed E-state index contributed by atoms with van der Waals surface area (Å²) >= 11 is 0. The first-order valence-electron chi connectivity index (χ1n) is 7.38. The van der Waals surface area contributed by atoms with E-state index in [1.54, 1.807) is 0 Å². The van der Waals surface area contributed by atoms with Gasteiger partial charge in [0.05, 0.1) is 0 Å². The third kappa shape index (κ3) is 3.21. The summed E-state index contributed by atoms with van der Waals surface area (Å²) in [5, 5.41) is 3.53. The van der Waals surface area contributed by atoms with Crippen molar-refractivity contribution in [3.05, 3.63) is 0 Å². The summed E-state index contributed by atoms with van der Waals surface area (Å²) in [6.45, 7) is 5.91. The van der Waals surface area contributed by atoms with Crippen LogP contribution in [0.4, 0.5) is 0 Å². The molecule has 0 radical (unpaired) electrons. The van der Waals surface area contributed by atoms with Gasteiger partial charge >= 0.3 is 0 Å². The molecule has 0 aromatic heterocycles. The molecule has 16 heavy (non-hydrogen) atoms. The minimum atomic E-state index is 0.836. The highest BCUT2D eigenvalue weighted by Gasteiger charge is 2.30. The Balaban J connectivity index is 1.85. The molecule has 1 heterocycles. The lowest BCUT2D eigenvalue weighted by Crippen LogP contribution is -2.43. The molecule has 94 valence electrons. The maximum atomic E-state index is 3.53. The monoisotopic (exact) mass is 224 g/mol. The number of likely N-dealkylation sites (tertiary alicyclic amines) is 1. The van der Waals surface area contributed by atoms with Crippen molar-refractivity contribution in [2.75, 3.05) is 19.6 Å². The highest BCUT2D eigenvalue weighted by atomic mass is 15.2. The van der Waals surface area contributed by atoms with Crippen molar-refractivity contribution in [2.24, 2.45) is 0 Å². The van der Waals surface area contributed by atoms with E-state index in [2.05, 4.69) is 17.1 Å². The number of rotatable bonds is 4. The van der Waals surface area contributed by atoms with Gasteiger partial charge in [-0.25, -0.2) is 0 Å². The Morgan fingerprint density at radius 3 is 2.44 bits per heavy atom. The number of hydrogen-bond acceptors (Lipinski definition) is 2. The minimum absolute atomic E-state index is 0.836. The van der Waals surface area contributed by atoms with Crippen molar-refractivity contribution in [3.63, 3.8) is 0 Å². The van der Waals surface area contributed by atoms with Crippen LogP contribution >= 0.6 is 0 Å². The van der Waals surface area contributed by atoms with Crippen LogP contribution < -0.4 is 5.32 Å². The Hall–Kier alpha value is -0.0800. The van der Waals surface area contributed by atoms with Gasteiger partial charge < -0.3 is 5.32 Å². The van der Waals surface area contributed by atoms with Crippen LogP contribution in [0.3, 0.4) is 0 Å². The molecule has 2 aliphatic rings. The molecule has 2 fully saturated rings. The lowest BCUT2D eigenvalue weighted by molar-refractivity contribution is 0.161. The fourth-order valence-corrected chi connectivity index (χ4v) is 3.46. The van der Waals surface area contributed by atoms with Crippen LogP contribution in [-0.4, -0.2) is 36.6 Å². The summed E-state index contributed by atoms with van der Waals surface area (Å²) in [6, 6.07) is 1.75. The van der Waals surface area contributed by atoms with Crippen LogP contribution in [0, 0.1) is 0 Å². The van der Waals surface area contributed by atoms with Gasteiger partial charge in [-0.3, -0.25) is 4.90 Å². The van der Waals surface area contributed by atoms with Crippen LogP contribution in [0.2, 0.25) is 0 Å². The van der Waals surface area contributed by atoms with Crippen molar-refractivity contribution in [2.45, 2.75) is 70.4 Å². The lowest BCUT2D eigenvalue weighted by atomic mass is 10.1. The van der Waals surface area contributed by atoms with Gasteiger partial charge in [-0.15, -0.1) is 0 Å². The van der Waals surface area contributed by atoms with Gasteiger partial charge in [0, 0.05) is 18.6 Å². The molecule has 2 rings (SSSR count). The zero-order valence-electron chi connectivity index (χ0n) is 10.9. The fourth-order valence-electron chi connectivity index (χ4n) is 3.46. The second kappa shape index (κ2) is 6.61. The fraction of sp³-hybridized carbons (Fsp3) is 1.00. The molecule has 1 aliphatic carbocycles. The molecule has 0 amide bonds. The number of nitrogens with zero attached hydrogens (tertiary/aromatic N) is 1. The third-order valence-electron chi connectivity index (χ3n) is 4.35. The average molecular weight is 224 g/mol. The Morgan fingerprint density at radius 2 is 1.75 bits per heavy atom. The van der Waals surface area contributed by atoms with E-state index in [1.165, 1.54) is 64.5 Å². The van der Waals surface area contributed by atoms with Crippen molar-refractivity contribution < 1.29 is 0 Å². The van der Waals surface area contributed by atoms with Crippen LogP contribution in [-0.2, 0) is 0 Å². The second-order valence-electron chi connectivity index (χ2n) is 5.49. The summed E-state index contributed by atoms with van der Waals surface area (Å²) < 4.78 is 0. The Labute approximate surface area is 101 Å². The van der Waals surface area contributed by atoms with Gasteiger partial charge in [0.2, 0.25) is 0 Å². The zero-order valence-corrected chi connectivity index (χ0v) is 10.9. The highest BCUT2D eigenvalue weighted by Crippen LogP contribution is 2.28. The Morgan fingerprint density at radius 1 is 1.00 bits per heavy atom. The van der Waals surface area contributed by atoms with E-state index in [9.17, 15) is 0 Å². The molecule has 1 atom stereocenters.